The van der Waals surface area contributed by atoms with E-state index in [-0.39, 0.29) is 11.1 Å². The second-order valence-electron chi connectivity index (χ2n) is 5.25. The van der Waals surface area contributed by atoms with Crippen molar-refractivity contribution in [2.24, 2.45) is 0 Å². The highest BCUT2D eigenvalue weighted by atomic mass is 79.9. The SMILES string of the molecule is CC1(n2nc(-c3ccc(Br)cc3F)c(C#N)c2N)CC1. The molecule has 0 radical (unpaired) electrons. The van der Waals surface area contributed by atoms with Gasteiger partial charge >= 0.3 is 0 Å². The van der Waals surface area contributed by atoms with Crippen molar-refractivity contribution in [1.82, 2.24) is 9.78 Å². The van der Waals surface area contributed by atoms with E-state index in [0.29, 0.717) is 21.5 Å². The number of anilines is 1. The van der Waals surface area contributed by atoms with E-state index < -0.39 is 5.82 Å². The molecule has 1 heterocycles. The Labute approximate surface area is 124 Å². The van der Waals surface area contributed by atoms with E-state index in [2.05, 4.69) is 21.0 Å². The van der Waals surface area contributed by atoms with Gasteiger partial charge in [0.25, 0.3) is 0 Å². The van der Waals surface area contributed by atoms with Crippen LogP contribution in [0.4, 0.5) is 10.2 Å². The smallest absolute Gasteiger partial charge is 0.141 e. The number of aromatic nitrogens is 2. The van der Waals surface area contributed by atoms with Gasteiger partial charge in [-0.3, -0.25) is 0 Å². The number of hydrogen-bond donors (Lipinski definition) is 1. The first-order valence-electron chi connectivity index (χ1n) is 6.21. The zero-order valence-electron chi connectivity index (χ0n) is 10.8. The van der Waals surface area contributed by atoms with E-state index in [4.69, 9.17) is 5.73 Å². The summed E-state index contributed by atoms with van der Waals surface area (Å²) in [5.41, 5.74) is 6.70. The van der Waals surface area contributed by atoms with Gasteiger partial charge in [-0.05, 0) is 38.0 Å². The molecule has 1 aliphatic rings. The molecule has 2 N–H and O–H groups in total. The molecule has 0 unspecified atom stereocenters. The summed E-state index contributed by atoms with van der Waals surface area (Å²) >= 11 is 3.21. The van der Waals surface area contributed by atoms with Gasteiger partial charge in [-0.25, -0.2) is 9.07 Å². The Morgan fingerprint density at radius 1 is 1.50 bits per heavy atom. The second-order valence-corrected chi connectivity index (χ2v) is 6.17. The third kappa shape index (κ3) is 1.90. The fraction of sp³-hybridized carbons (Fsp3) is 0.286. The van der Waals surface area contributed by atoms with Gasteiger partial charge in [-0.15, -0.1) is 0 Å². The number of hydrogen-bond acceptors (Lipinski definition) is 3. The molecule has 0 saturated heterocycles. The van der Waals surface area contributed by atoms with Crippen LogP contribution < -0.4 is 5.73 Å². The van der Waals surface area contributed by atoms with Crippen molar-refractivity contribution in [3.8, 4) is 17.3 Å². The van der Waals surface area contributed by atoms with Gasteiger partial charge in [0, 0.05) is 10.0 Å². The van der Waals surface area contributed by atoms with Gasteiger partial charge in [0.2, 0.25) is 0 Å². The van der Waals surface area contributed by atoms with E-state index in [1.54, 1.807) is 16.8 Å². The average Bonchev–Trinajstić information content (AvgIpc) is 3.04. The molecule has 1 aromatic heterocycles. The van der Waals surface area contributed by atoms with Gasteiger partial charge in [0.05, 0.1) is 5.54 Å². The molecule has 4 nitrogen and oxygen atoms in total. The molecule has 0 amide bonds. The van der Waals surface area contributed by atoms with Crippen molar-refractivity contribution in [2.75, 3.05) is 5.73 Å². The van der Waals surface area contributed by atoms with Crippen LogP contribution in [0.2, 0.25) is 0 Å². The van der Waals surface area contributed by atoms with Gasteiger partial charge in [0.1, 0.15) is 29.0 Å². The Morgan fingerprint density at radius 2 is 2.20 bits per heavy atom. The highest BCUT2D eigenvalue weighted by Crippen LogP contribution is 2.45. The van der Waals surface area contributed by atoms with Gasteiger partial charge in [-0.2, -0.15) is 10.4 Å². The lowest BCUT2D eigenvalue weighted by atomic mass is 10.1. The number of benzene rings is 1. The number of rotatable bonds is 2. The topological polar surface area (TPSA) is 67.6 Å². The molecule has 0 bridgehead atoms. The number of nitrogen functional groups attached to an aromatic ring is 1. The lowest BCUT2D eigenvalue weighted by Crippen LogP contribution is -2.16. The molecule has 0 aliphatic heterocycles. The van der Waals surface area contributed by atoms with Crippen LogP contribution in [0.1, 0.15) is 25.3 Å². The van der Waals surface area contributed by atoms with Crippen molar-refractivity contribution in [2.45, 2.75) is 25.3 Å². The normalized spacial score (nSPS) is 15.9. The Bertz CT molecular complexity index is 740. The number of halogens is 2. The molecular weight excluding hydrogens is 323 g/mol. The predicted molar refractivity (Wildman–Crippen MR) is 77.3 cm³/mol. The Balaban J connectivity index is 2.21. The molecule has 1 fully saturated rings. The van der Waals surface area contributed by atoms with Crippen LogP contribution in [0.5, 0.6) is 0 Å². The quantitative estimate of drug-likeness (QED) is 0.914. The molecule has 2 aromatic rings. The first kappa shape index (κ1) is 13.1. The Morgan fingerprint density at radius 3 is 2.75 bits per heavy atom. The molecule has 1 saturated carbocycles. The summed E-state index contributed by atoms with van der Waals surface area (Å²) in [7, 11) is 0. The first-order chi connectivity index (χ1) is 9.46. The van der Waals surface area contributed by atoms with E-state index in [1.165, 1.54) is 6.07 Å². The summed E-state index contributed by atoms with van der Waals surface area (Å²) in [4.78, 5) is 0. The summed E-state index contributed by atoms with van der Waals surface area (Å²) in [5.74, 6) is -0.119. The maximum absolute atomic E-state index is 14.1. The van der Waals surface area contributed by atoms with Crippen LogP contribution in [0.25, 0.3) is 11.3 Å². The maximum Gasteiger partial charge on any atom is 0.141 e. The van der Waals surface area contributed by atoms with E-state index in [1.807, 2.05) is 13.0 Å². The number of nitriles is 1. The van der Waals surface area contributed by atoms with Crippen LogP contribution in [0.3, 0.4) is 0 Å². The zero-order chi connectivity index (χ0) is 14.5. The molecule has 1 aromatic carbocycles. The van der Waals surface area contributed by atoms with Crippen molar-refractivity contribution in [3.05, 3.63) is 34.1 Å². The summed E-state index contributed by atoms with van der Waals surface area (Å²) in [6, 6.07) is 6.70. The third-order valence-electron chi connectivity index (χ3n) is 3.70. The minimum atomic E-state index is -0.429. The number of nitrogens with two attached hydrogens (primary N) is 1. The first-order valence-corrected chi connectivity index (χ1v) is 7.00. The minimum absolute atomic E-state index is 0.139. The van der Waals surface area contributed by atoms with E-state index in [0.717, 1.165) is 12.8 Å². The standard InChI is InChI=1S/C14H12BrFN4/c1-14(4-5-14)20-13(18)10(7-17)12(19-20)9-3-2-8(15)6-11(9)16/h2-3,6H,4-5,18H2,1H3. The molecule has 0 spiro atoms. The average molecular weight is 335 g/mol. The molecule has 102 valence electrons. The van der Waals surface area contributed by atoms with Crippen LogP contribution in [-0.4, -0.2) is 9.78 Å². The maximum atomic E-state index is 14.1. The van der Waals surface area contributed by atoms with Crippen molar-refractivity contribution >= 4 is 21.7 Å². The molecular formula is C14H12BrFN4. The number of nitrogens with zero attached hydrogens (tertiary/aromatic N) is 3. The van der Waals surface area contributed by atoms with E-state index >= 15 is 0 Å². The van der Waals surface area contributed by atoms with Crippen LogP contribution in [0, 0.1) is 17.1 Å². The molecule has 20 heavy (non-hydrogen) atoms. The predicted octanol–water partition coefficient (Wildman–Crippen LogP) is 3.41. The Kier molecular flexibility index (Phi) is 2.83. The summed E-state index contributed by atoms with van der Waals surface area (Å²) in [6.07, 6.45) is 1.93. The molecule has 6 heteroatoms. The molecule has 1 aliphatic carbocycles. The van der Waals surface area contributed by atoms with Crippen molar-refractivity contribution < 1.29 is 4.39 Å². The summed E-state index contributed by atoms with van der Waals surface area (Å²) in [6.45, 7) is 2.03. The third-order valence-corrected chi connectivity index (χ3v) is 4.20. The van der Waals surface area contributed by atoms with Crippen LogP contribution in [0.15, 0.2) is 22.7 Å². The second kappa shape index (κ2) is 4.32. The van der Waals surface area contributed by atoms with E-state index in [9.17, 15) is 9.65 Å². The lowest BCUT2D eigenvalue weighted by Gasteiger charge is -2.10. The highest BCUT2D eigenvalue weighted by molar-refractivity contribution is 9.10. The van der Waals surface area contributed by atoms with Crippen LogP contribution >= 0.6 is 15.9 Å². The fourth-order valence-corrected chi connectivity index (χ4v) is 2.55. The van der Waals surface area contributed by atoms with Crippen molar-refractivity contribution in [3.63, 3.8) is 0 Å². The zero-order valence-corrected chi connectivity index (χ0v) is 12.4. The lowest BCUT2D eigenvalue weighted by molar-refractivity contribution is 0.481. The largest absolute Gasteiger partial charge is 0.383 e. The van der Waals surface area contributed by atoms with Gasteiger partial charge < -0.3 is 5.73 Å². The van der Waals surface area contributed by atoms with Crippen molar-refractivity contribution in [1.29, 1.82) is 5.26 Å². The highest BCUT2D eigenvalue weighted by Gasteiger charge is 2.42. The molecule has 3 rings (SSSR count). The van der Waals surface area contributed by atoms with Crippen LogP contribution in [-0.2, 0) is 5.54 Å². The van der Waals surface area contributed by atoms with Gasteiger partial charge in [0.15, 0.2) is 0 Å². The molecule has 0 atom stereocenters. The summed E-state index contributed by atoms with van der Waals surface area (Å²) in [5, 5.41) is 13.7. The van der Waals surface area contributed by atoms with Gasteiger partial charge in [-0.1, -0.05) is 15.9 Å². The minimum Gasteiger partial charge on any atom is -0.383 e. The fourth-order valence-electron chi connectivity index (χ4n) is 2.22. The monoisotopic (exact) mass is 334 g/mol. The Hall–Kier alpha value is -1.87. The summed E-state index contributed by atoms with van der Waals surface area (Å²) < 4.78 is 16.4.